The van der Waals surface area contributed by atoms with Crippen molar-refractivity contribution in [2.24, 2.45) is 0 Å². The van der Waals surface area contributed by atoms with Gasteiger partial charge in [-0.15, -0.1) is 13.2 Å². The summed E-state index contributed by atoms with van der Waals surface area (Å²) >= 11 is 0. The second-order valence-corrected chi connectivity index (χ2v) is 2.70. The molecule has 0 unspecified atom stereocenters. The van der Waals surface area contributed by atoms with Gasteiger partial charge in [0.05, 0.1) is 6.61 Å². The van der Waals surface area contributed by atoms with Crippen LogP contribution in [0.1, 0.15) is 11.1 Å². The zero-order valence-electron chi connectivity index (χ0n) is 7.75. The van der Waals surface area contributed by atoms with Gasteiger partial charge in [-0.25, -0.2) is 0 Å². The molecule has 0 aromatic carbocycles. The molecule has 86 valence electrons. The molecule has 1 heterocycles. The Kier molecular flexibility index (Phi) is 3.20. The number of hydrogen-bond donors (Lipinski definition) is 2. The summed E-state index contributed by atoms with van der Waals surface area (Å²) in [4.78, 5) is 3.24. The first-order chi connectivity index (χ1) is 7.37. The first-order valence-corrected chi connectivity index (χ1v) is 3.93. The fraction of sp³-hybridized carbons (Fsp3) is 0.250. The van der Waals surface area contributed by atoms with Crippen LogP contribution in [-0.2, 0) is 6.61 Å². The quantitative estimate of drug-likeness (QED) is 0.792. The Morgan fingerprint density at radius 1 is 1.56 bits per heavy atom. The van der Waals surface area contributed by atoms with Gasteiger partial charge in [0.15, 0.2) is 0 Å². The van der Waals surface area contributed by atoms with Crippen molar-refractivity contribution in [1.82, 2.24) is 4.98 Å². The molecular weight excluding hydrogens is 227 g/mol. The van der Waals surface area contributed by atoms with Gasteiger partial charge in [-0.2, -0.15) is 10.2 Å². The molecule has 0 bridgehead atoms. The molecule has 0 fully saturated rings. The highest BCUT2D eigenvalue weighted by Crippen LogP contribution is 2.27. The summed E-state index contributed by atoms with van der Waals surface area (Å²) in [5.41, 5.74) is 4.63. The minimum absolute atomic E-state index is 0.0748. The maximum atomic E-state index is 12.0. The predicted octanol–water partition coefficient (Wildman–Crippen LogP) is 0.926. The number of ether oxygens (including phenoxy) is 1. The standard InChI is InChI=1S/C8H6F3N3O2/c9-8(10,11)16-7-5(2-12)4(3-15)1-6(13)14-7/h1,15H,3H2,(H2,13,14). The molecule has 0 saturated heterocycles. The third kappa shape index (κ3) is 2.74. The predicted molar refractivity (Wildman–Crippen MR) is 46.0 cm³/mol. The van der Waals surface area contributed by atoms with Crippen LogP contribution in [0.5, 0.6) is 5.88 Å². The van der Waals surface area contributed by atoms with Gasteiger partial charge in [-0.1, -0.05) is 0 Å². The van der Waals surface area contributed by atoms with Gasteiger partial charge in [0, 0.05) is 5.56 Å². The number of hydrogen-bond acceptors (Lipinski definition) is 5. The lowest BCUT2D eigenvalue weighted by Crippen LogP contribution is -2.19. The summed E-state index contributed by atoms with van der Waals surface area (Å²) < 4.78 is 39.4. The highest BCUT2D eigenvalue weighted by Gasteiger charge is 2.33. The number of anilines is 1. The molecule has 0 radical (unpaired) electrons. The van der Waals surface area contributed by atoms with Crippen molar-refractivity contribution in [3.8, 4) is 11.9 Å². The van der Waals surface area contributed by atoms with Gasteiger partial charge >= 0.3 is 6.36 Å². The Labute approximate surface area is 87.9 Å². The van der Waals surface area contributed by atoms with E-state index in [1.807, 2.05) is 0 Å². The van der Waals surface area contributed by atoms with Crippen molar-refractivity contribution >= 4 is 5.82 Å². The Morgan fingerprint density at radius 3 is 2.62 bits per heavy atom. The lowest BCUT2D eigenvalue weighted by atomic mass is 10.1. The summed E-state index contributed by atoms with van der Waals surface area (Å²) in [6.07, 6.45) is -4.97. The largest absolute Gasteiger partial charge is 0.574 e. The van der Waals surface area contributed by atoms with Crippen molar-refractivity contribution in [2.45, 2.75) is 13.0 Å². The Morgan fingerprint density at radius 2 is 2.19 bits per heavy atom. The monoisotopic (exact) mass is 233 g/mol. The van der Waals surface area contributed by atoms with Gasteiger partial charge in [0.25, 0.3) is 0 Å². The summed E-state index contributed by atoms with van der Waals surface area (Å²) in [5, 5.41) is 17.5. The number of aromatic nitrogens is 1. The van der Waals surface area contributed by atoms with Gasteiger partial charge < -0.3 is 15.6 Å². The maximum Gasteiger partial charge on any atom is 0.574 e. The molecule has 1 aromatic heterocycles. The minimum atomic E-state index is -4.97. The first-order valence-electron chi connectivity index (χ1n) is 3.93. The summed E-state index contributed by atoms with van der Waals surface area (Å²) in [7, 11) is 0. The van der Waals surface area contributed by atoms with Crippen molar-refractivity contribution in [3.63, 3.8) is 0 Å². The highest BCUT2D eigenvalue weighted by molar-refractivity contribution is 5.50. The fourth-order valence-corrected chi connectivity index (χ4v) is 1.02. The van der Waals surface area contributed by atoms with Crippen molar-refractivity contribution in [3.05, 3.63) is 17.2 Å². The zero-order chi connectivity index (χ0) is 12.3. The maximum absolute atomic E-state index is 12.0. The van der Waals surface area contributed by atoms with Crippen molar-refractivity contribution < 1.29 is 23.0 Å². The van der Waals surface area contributed by atoms with E-state index < -0.39 is 24.4 Å². The number of nitriles is 1. The number of halogens is 3. The fourth-order valence-electron chi connectivity index (χ4n) is 1.02. The van der Waals surface area contributed by atoms with Crippen LogP contribution in [-0.4, -0.2) is 16.5 Å². The number of nitrogens with two attached hydrogens (primary N) is 1. The number of nitrogen functional groups attached to an aromatic ring is 1. The number of nitrogens with zero attached hydrogens (tertiary/aromatic N) is 2. The first kappa shape index (κ1) is 12.1. The average Bonchev–Trinajstić information content (AvgIpc) is 2.14. The van der Waals surface area contributed by atoms with Crippen LogP contribution in [0.2, 0.25) is 0 Å². The normalized spacial score (nSPS) is 10.9. The van der Waals surface area contributed by atoms with E-state index in [0.29, 0.717) is 0 Å². The van der Waals surface area contributed by atoms with E-state index in [9.17, 15) is 13.2 Å². The molecule has 0 amide bonds. The third-order valence-electron chi connectivity index (χ3n) is 1.58. The van der Waals surface area contributed by atoms with Crippen LogP contribution in [0.25, 0.3) is 0 Å². The topological polar surface area (TPSA) is 92.2 Å². The van der Waals surface area contributed by atoms with Crippen LogP contribution in [0, 0.1) is 11.3 Å². The lowest BCUT2D eigenvalue weighted by Gasteiger charge is -2.11. The van der Waals surface area contributed by atoms with Crippen molar-refractivity contribution in [1.29, 1.82) is 5.26 Å². The van der Waals surface area contributed by atoms with E-state index in [4.69, 9.17) is 16.1 Å². The minimum Gasteiger partial charge on any atom is -0.392 e. The van der Waals surface area contributed by atoms with Crippen LogP contribution < -0.4 is 10.5 Å². The molecule has 5 nitrogen and oxygen atoms in total. The average molecular weight is 233 g/mol. The van der Waals surface area contributed by atoms with Crippen LogP contribution in [0.3, 0.4) is 0 Å². The number of aliphatic hydroxyl groups excluding tert-OH is 1. The molecule has 1 rings (SSSR count). The smallest absolute Gasteiger partial charge is 0.392 e. The Bertz CT molecular complexity index is 439. The lowest BCUT2D eigenvalue weighted by molar-refractivity contribution is -0.276. The third-order valence-corrected chi connectivity index (χ3v) is 1.58. The van der Waals surface area contributed by atoms with Crippen molar-refractivity contribution in [2.75, 3.05) is 5.73 Å². The molecule has 16 heavy (non-hydrogen) atoms. The Hall–Kier alpha value is -2.01. The second-order valence-electron chi connectivity index (χ2n) is 2.70. The van der Waals surface area contributed by atoms with E-state index >= 15 is 0 Å². The summed E-state index contributed by atoms with van der Waals surface area (Å²) in [6.45, 7) is -0.635. The molecule has 0 atom stereocenters. The Balaban J connectivity index is 3.27. The van der Waals surface area contributed by atoms with Crippen LogP contribution >= 0.6 is 0 Å². The summed E-state index contributed by atoms with van der Waals surface area (Å²) in [5.74, 6) is -1.23. The number of rotatable bonds is 2. The van der Waals surface area contributed by atoms with Gasteiger partial charge in [0.1, 0.15) is 17.5 Å². The summed E-state index contributed by atoms with van der Waals surface area (Å²) in [6, 6.07) is 2.56. The SMILES string of the molecule is N#Cc1c(CO)cc(N)nc1OC(F)(F)F. The number of alkyl halides is 3. The molecule has 0 aliphatic heterocycles. The van der Waals surface area contributed by atoms with Gasteiger partial charge in [0.2, 0.25) is 5.88 Å². The molecule has 8 heteroatoms. The number of aliphatic hydroxyl groups is 1. The van der Waals surface area contributed by atoms with Gasteiger partial charge in [-0.3, -0.25) is 0 Å². The van der Waals surface area contributed by atoms with Crippen LogP contribution in [0.15, 0.2) is 6.07 Å². The molecule has 1 aromatic rings. The van der Waals surface area contributed by atoms with Gasteiger partial charge in [-0.05, 0) is 6.07 Å². The molecule has 0 saturated carbocycles. The van der Waals surface area contributed by atoms with E-state index in [-0.39, 0.29) is 11.4 Å². The van der Waals surface area contributed by atoms with E-state index in [1.165, 1.54) is 6.07 Å². The highest BCUT2D eigenvalue weighted by atomic mass is 19.4. The molecule has 0 aliphatic carbocycles. The van der Waals surface area contributed by atoms with E-state index in [1.54, 1.807) is 0 Å². The van der Waals surface area contributed by atoms with Crippen LogP contribution in [0.4, 0.5) is 19.0 Å². The number of pyridine rings is 1. The zero-order valence-corrected chi connectivity index (χ0v) is 7.75. The molecule has 3 N–H and O–H groups in total. The second kappa shape index (κ2) is 4.24. The molecule has 0 aliphatic rings. The van der Waals surface area contributed by atoms with E-state index in [0.717, 1.165) is 6.07 Å². The van der Waals surface area contributed by atoms with E-state index in [2.05, 4.69) is 9.72 Å². The molecular formula is C8H6F3N3O2. The molecule has 0 spiro atoms.